The standard InChI is InChI=1S/C17H16Cl2N6O.2ClH/c1-11-22-24-17(25(11)20)23-21-9-12-3-2-4-14(7-12)26-10-13-5-6-15(18)16(19)8-13;;/h2-9H,10,20H2,1H3,(H,23,24);2*1H/b21-9-;;. The van der Waals surface area contributed by atoms with Gasteiger partial charge < -0.3 is 10.6 Å². The zero-order chi connectivity index (χ0) is 18.5. The van der Waals surface area contributed by atoms with Crippen molar-refractivity contribution in [3.8, 4) is 5.75 Å². The van der Waals surface area contributed by atoms with Crippen molar-refractivity contribution in [3.63, 3.8) is 0 Å². The molecule has 0 bridgehead atoms. The molecule has 0 unspecified atom stereocenters. The van der Waals surface area contributed by atoms with Crippen molar-refractivity contribution in [3.05, 3.63) is 69.5 Å². The second-order valence-corrected chi connectivity index (χ2v) is 6.23. The highest BCUT2D eigenvalue weighted by Gasteiger charge is 2.03. The van der Waals surface area contributed by atoms with Crippen LogP contribution in [0.1, 0.15) is 17.0 Å². The lowest BCUT2D eigenvalue weighted by atomic mass is 10.2. The highest BCUT2D eigenvalue weighted by atomic mass is 35.5. The van der Waals surface area contributed by atoms with Crippen LogP contribution in [0.25, 0.3) is 0 Å². The molecule has 150 valence electrons. The summed E-state index contributed by atoms with van der Waals surface area (Å²) in [6.45, 7) is 2.13. The third kappa shape index (κ3) is 6.17. The van der Waals surface area contributed by atoms with Gasteiger partial charge in [0.2, 0.25) is 0 Å². The molecule has 0 fully saturated rings. The minimum absolute atomic E-state index is 0. The van der Waals surface area contributed by atoms with E-state index in [9.17, 15) is 0 Å². The molecule has 0 aliphatic rings. The Morgan fingerprint density at radius 2 is 1.93 bits per heavy atom. The van der Waals surface area contributed by atoms with Gasteiger partial charge in [0.1, 0.15) is 12.4 Å². The summed E-state index contributed by atoms with van der Waals surface area (Å²) in [4.78, 5) is 0. The van der Waals surface area contributed by atoms with Gasteiger partial charge in [0.05, 0.1) is 16.3 Å². The molecule has 3 aromatic rings. The first kappa shape index (κ1) is 23.8. The van der Waals surface area contributed by atoms with Gasteiger partial charge in [0.25, 0.3) is 5.95 Å². The molecule has 0 saturated carbocycles. The maximum atomic E-state index is 6.01. The van der Waals surface area contributed by atoms with E-state index in [-0.39, 0.29) is 24.8 Å². The van der Waals surface area contributed by atoms with Crippen LogP contribution in [0.3, 0.4) is 0 Å². The number of halogens is 4. The summed E-state index contributed by atoms with van der Waals surface area (Å²) >= 11 is 11.9. The number of nitrogen functional groups attached to an aromatic ring is 1. The lowest BCUT2D eigenvalue weighted by molar-refractivity contribution is 0.306. The van der Waals surface area contributed by atoms with Crippen molar-refractivity contribution in [2.45, 2.75) is 13.5 Å². The second-order valence-electron chi connectivity index (χ2n) is 5.42. The first-order chi connectivity index (χ1) is 12.5. The SMILES string of the molecule is Cc1nnc(N/N=C\c2cccc(OCc3ccc(Cl)c(Cl)c3)c2)n1N.Cl.Cl. The fourth-order valence-corrected chi connectivity index (χ4v) is 2.41. The summed E-state index contributed by atoms with van der Waals surface area (Å²) in [5, 5.41) is 12.8. The van der Waals surface area contributed by atoms with Gasteiger partial charge >= 0.3 is 0 Å². The van der Waals surface area contributed by atoms with Crippen molar-refractivity contribution < 1.29 is 4.74 Å². The third-order valence-corrected chi connectivity index (χ3v) is 4.23. The number of hydrogen-bond acceptors (Lipinski definition) is 6. The Hall–Kier alpha value is -2.19. The highest BCUT2D eigenvalue weighted by molar-refractivity contribution is 6.42. The number of rotatable bonds is 6. The zero-order valence-electron chi connectivity index (χ0n) is 14.7. The maximum Gasteiger partial charge on any atom is 0.263 e. The molecule has 0 atom stereocenters. The average molecular weight is 464 g/mol. The van der Waals surface area contributed by atoms with Crippen LogP contribution in [0.5, 0.6) is 5.75 Å². The molecule has 0 amide bonds. The number of nitrogens with zero attached hydrogens (tertiary/aromatic N) is 4. The molecule has 3 N–H and O–H groups in total. The Labute approximate surface area is 184 Å². The number of hydrogen-bond donors (Lipinski definition) is 2. The molecule has 1 aromatic heterocycles. The minimum atomic E-state index is 0. The summed E-state index contributed by atoms with van der Waals surface area (Å²) in [7, 11) is 0. The summed E-state index contributed by atoms with van der Waals surface area (Å²) in [6, 6.07) is 12.9. The number of hydrazone groups is 1. The van der Waals surface area contributed by atoms with Gasteiger partial charge in [-0.05, 0) is 42.3 Å². The van der Waals surface area contributed by atoms with Crippen LogP contribution in [-0.4, -0.2) is 21.1 Å². The molecule has 3 rings (SSSR count). The van der Waals surface area contributed by atoms with E-state index in [4.69, 9.17) is 33.8 Å². The number of aryl methyl sites for hydroxylation is 1. The van der Waals surface area contributed by atoms with E-state index in [1.54, 1.807) is 25.3 Å². The van der Waals surface area contributed by atoms with E-state index in [0.717, 1.165) is 11.1 Å². The van der Waals surface area contributed by atoms with Gasteiger partial charge in [-0.2, -0.15) is 5.10 Å². The molecule has 0 spiro atoms. The topological polar surface area (TPSA) is 90.4 Å². The van der Waals surface area contributed by atoms with E-state index in [1.165, 1.54) is 4.68 Å². The zero-order valence-corrected chi connectivity index (χ0v) is 17.8. The van der Waals surface area contributed by atoms with Crippen molar-refractivity contribution in [1.82, 2.24) is 14.9 Å². The Morgan fingerprint density at radius 1 is 1.14 bits per heavy atom. The fraction of sp³-hybridized carbons (Fsp3) is 0.118. The van der Waals surface area contributed by atoms with Crippen LogP contribution < -0.4 is 16.0 Å². The Morgan fingerprint density at radius 3 is 2.61 bits per heavy atom. The van der Waals surface area contributed by atoms with Gasteiger partial charge in [-0.15, -0.1) is 35.0 Å². The summed E-state index contributed by atoms with van der Waals surface area (Å²) in [5.41, 5.74) is 4.52. The summed E-state index contributed by atoms with van der Waals surface area (Å²) in [5.74, 6) is 7.38. The maximum absolute atomic E-state index is 6.01. The lowest BCUT2D eigenvalue weighted by Crippen LogP contribution is -2.13. The van der Waals surface area contributed by atoms with Crippen LogP contribution >= 0.6 is 48.0 Å². The number of anilines is 1. The molecule has 0 aliphatic heterocycles. The number of nitrogens with two attached hydrogens (primary N) is 1. The average Bonchev–Trinajstić information content (AvgIpc) is 2.95. The van der Waals surface area contributed by atoms with E-state index < -0.39 is 0 Å². The van der Waals surface area contributed by atoms with Gasteiger partial charge in [-0.3, -0.25) is 0 Å². The van der Waals surface area contributed by atoms with Crippen LogP contribution in [0.4, 0.5) is 5.95 Å². The van der Waals surface area contributed by atoms with Crippen LogP contribution in [-0.2, 0) is 6.61 Å². The van der Waals surface area contributed by atoms with Crippen LogP contribution in [0.2, 0.25) is 10.0 Å². The van der Waals surface area contributed by atoms with Crippen molar-refractivity contribution >= 4 is 60.2 Å². The summed E-state index contributed by atoms with van der Waals surface area (Å²) in [6.07, 6.45) is 1.63. The number of ether oxygens (including phenoxy) is 1. The Kier molecular flexibility index (Phi) is 9.34. The van der Waals surface area contributed by atoms with Gasteiger partial charge in [-0.25, -0.2) is 10.1 Å². The van der Waals surface area contributed by atoms with Crippen molar-refractivity contribution in [1.29, 1.82) is 0 Å². The predicted octanol–water partition coefficient (Wildman–Crippen LogP) is 4.48. The van der Waals surface area contributed by atoms with E-state index in [2.05, 4.69) is 20.7 Å². The van der Waals surface area contributed by atoms with Crippen LogP contribution in [0, 0.1) is 6.92 Å². The third-order valence-electron chi connectivity index (χ3n) is 3.49. The fourth-order valence-electron chi connectivity index (χ4n) is 2.09. The van der Waals surface area contributed by atoms with Gasteiger partial charge in [0, 0.05) is 0 Å². The summed E-state index contributed by atoms with van der Waals surface area (Å²) < 4.78 is 7.10. The predicted molar refractivity (Wildman–Crippen MR) is 118 cm³/mol. The molecule has 7 nitrogen and oxygen atoms in total. The molecular weight excluding hydrogens is 446 g/mol. The molecular formula is C17H18Cl4N6O. The molecule has 2 aromatic carbocycles. The smallest absolute Gasteiger partial charge is 0.263 e. The van der Waals surface area contributed by atoms with E-state index in [1.807, 2.05) is 30.3 Å². The Bertz CT molecular complexity index is 947. The van der Waals surface area contributed by atoms with E-state index >= 15 is 0 Å². The largest absolute Gasteiger partial charge is 0.489 e. The Balaban J connectivity index is 0.00000196. The first-order valence-electron chi connectivity index (χ1n) is 7.66. The minimum Gasteiger partial charge on any atom is -0.489 e. The first-order valence-corrected chi connectivity index (χ1v) is 8.41. The molecule has 28 heavy (non-hydrogen) atoms. The number of aromatic nitrogens is 3. The quantitative estimate of drug-likeness (QED) is 0.319. The van der Waals surface area contributed by atoms with Gasteiger partial charge in [-0.1, -0.05) is 41.4 Å². The molecule has 0 radical (unpaired) electrons. The highest BCUT2D eigenvalue weighted by Crippen LogP contribution is 2.23. The van der Waals surface area contributed by atoms with E-state index in [0.29, 0.717) is 34.2 Å². The second kappa shape index (κ2) is 11.0. The van der Waals surface area contributed by atoms with Gasteiger partial charge in [0.15, 0.2) is 5.82 Å². The monoisotopic (exact) mass is 462 g/mol. The number of benzene rings is 2. The van der Waals surface area contributed by atoms with Crippen molar-refractivity contribution in [2.75, 3.05) is 11.3 Å². The lowest BCUT2D eigenvalue weighted by Gasteiger charge is -2.08. The normalized spacial score (nSPS) is 10.2. The molecule has 0 saturated heterocycles. The molecule has 1 heterocycles. The van der Waals surface area contributed by atoms with Crippen LogP contribution in [0.15, 0.2) is 47.6 Å². The number of nitrogens with one attached hydrogen (secondary N) is 1. The molecule has 11 heteroatoms. The molecule has 0 aliphatic carbocycles. The van der Waals surface area contributed by atoms with Crippen molar-refractivity contribution in [2.24, 2.45) is 5.10 Å².